The van der Waals surface area contributed by atoms with Crippen molar-refractivity contribution >= 4 is 39.7 Å². The standard InChI is InChI=1S/C25H26ClFO3S/c26-22-19(12-9-15-8-10-16-4-1-2-5-17(16)14-15)20(24(28)23(22)27)7-3-6-18-11-13-21(31-18)25(29)30/h1-2,4-5,8,10-11,13-14,19-20,22-24,28H,3,6-7,9,12H2,(H,29,30)/t19-,20-,22?,23?,24?/m1/s1. The Morgan fingerprint density at radius 3 is 2.52 bits per heavy atom. The number of hydrogen-bond donors (Lipinski definition) is 2. The average Bonchev–Trinajstić information content (AvgIpc) is 3.32. The Kier molecular flexibility index (Phi) is 6.95. The highest BCUT2D eigenvalue weighted by atomic mass is 35.5. The summed E-state index contributed by atoms with van der Waals surface area (Å²) in [7, 11) is 0. The van der Waals surface area contributed by atoms with Crippen LogP contribution in [0.1, 0.15) is 39.4 Å². The first-order valence-electron chi connectivity index (χ1n) is 10.7. The van der Waals surface area contributed by atoms with Crippen molar-refractivity contribution in [2.45, 2.75) is 49.8 Å². The van der Waals surface area contributed by atoms with Gasteiger partial charge in [-0.2, -0.15) is 0 Å². The van der Waals surface area contributed by atoms with Crippen LogP contribution in [0.15, 0.2) is 54.6 Å². The van der Waals surface area contributed by atoms with Gasteiger partial charge in [-0.1, -0.05) is 42.5 Å². The minimum atomic E-state index is -1.41. The van der Waals surface area contributed by atoms with Gasteiger partial charge in [0.1, 0.15) is 11.0 Å². The van der Waals surface area contributed by atoms with E-state index in [0.717, 1.165) is 30.6 Å². The van der Waals surface area contributed by atoms with E-state index >= 15 is 0 Å². The van der Waals surface area contributed by atoms with Crippen molar-refractivity contribution in [3.63, 3.8) is 0 Å². The van der Waals surface area contributed by atoms with Gasteiger partial charge in [-0.3, -0.25) is 0 Å². The van der Waals surface area contributed by atoms with E-state index in [1.165, 1.54) is 27.7 Å². The fourth-order valence-corrected chi connectivity index (χ4v) is 6.13. The van der Waals surface area contributed by atoms with Gasteiger partial charge in [0.25, 0.3) is 0 Å². The lowest BCUT2D eigenvalue weighted by atomic mass is 9.85. The van der Waals surface area contributed by atoms with Crippen molar-refractivity contribution in [3.05, 3.63) is 69.9 Å². The summed E-state index contributed by atoms with van der Waals surface area (Å²) in [5.74, 6) is -1.19. The zero-order valence-corrected chi connectivity index (χ0v) is 18.7. The number of carboxylic acid groups (broad SMARTS) is 1. The number of aryl methyl sites for hydroxylation is 2. The normalized spacial score (nSPS) is 25.8. The molecule has 2 N–H and O–H groups in total. The molecule has 164 valence electrons. The van der Waals surface area contributed by atoms with Gasteiger partial charge in [0.2, 0.25) is 0 Å². The second-order valence-electron chi connectivity index (χ2n) is 8.39. The van der Waals surface area contributed by atoms with Crippen molar-refractivity contribution in [1.29, 1.82) is 0 Å². The molecule has 4 rings (SSSR count). The lowest BCUT2D eigenvalue weighted by Crippen LogP contribution is -2.24. The first kappa shape index (κ1) is 22.3. The summed E-state index contributed by atoms with van der Waals surface area (Å²) < 4.78 is 14.5. The SMILES string of the molecule is O=C(O)c1ccc(CCC[C@H]2C(O)C(F)C(Cl)[C@@H]2CCc2ccc3ccccc3c2)s1. The molecule has 0 aliphatic heterocycles. The number of hydrogen-bond acceptors (Lipinski definition) is 3. The van der Waals surface area contributed by atoms with E-state index < -0.39 is 23.6 Å². The summed E-state index contributed by atoms with van der Waals surface area (Å²) in [6.45, 7) is 0. The molecule has 6 heteroatoms. The largest absolute Gasteiger partial charge is 0.477 e. The third-order valence-electron chi connectivity index (χ3n) is 6.44. The summed E-state index contributed by atoms with van der Waals surface area (Å²) in [4.78, 5) is 12.4. The van der Waals surface area contributed by atoms with Crippen molar-refractivity contribution in [1.82, 2.24) is 0 Å². The van der Waals surface area contributed by atoms with Crippen LogP contribution >= 0.6 is 22.9 Å². The number of aliphatic hydroxyl groups excluding tert-OH is 1. The molecule has 1 aliphatic carbocycles. The fourth-order valence-electron chi connectivity index (χ4n) is 4.78. The Bertz CT molecular complexity index is 1050. The summed E-state index contributed by atoms with van der Waals surface area (Å²) in [5.41, 5.74) is 1.19. The van der Waals surface area contributed by atoms with Crippen molar-refractivity contribution in [2.75, 3.05) is 0 Å². The van der Waals surface area contributed by atoms with Crippen molar-refractivity contribution in [2.24, 2.45) is 11.8 Å². The number of fused-ring (bicyclic) bond motifs is 1. The number of aromatic carboxylic acids is 1. The Labute approximate surface area is 190 Å². The molecule has 0 amide bonds. The molecule has 2 aromatic carbocycles. The minimum absolute atomic E-state index is 0.0870. The van der Waals surface area contributed by atoms with E-state index in [-0.39, 0.29) is 11.8 Å². The van der Waals surface area contributed by atoms with Crippen LogP contribution in [-0.2, 0) is 12.8 Å². The van der Waals surface area contributed by atoms with Gasteiger partial charge in [-0.15, -0.1) is 22.9 Å². The second-order valence-corrected chi connectivity index (χ2v) is 10.1. The van der Waals surface area contributed by atoms with Crippen LogP contribution in [0.3, 0.4) is 0 Å². The number of alkyl halides is 2. The van der Waals surface area contributed by atoms with E-state index in [4.69, 9.17) is 16.7 Å². The molecule has 0 radical (unpaired) electrons. The molecule has 1 saturated carbocycles. The van der Waals surface area contributed by atoms with Crippen LogP contribution in [0.2, 0.25) is 0 Å². The fraction of sp³-hybridized carbons (Fsp3) is 0.400. The highest BCUT2D eigenvalue weighted by Gasteiger charge is 2.48. The van der Waals surface area contributed by atoms with Gasteiger partial charge in [0.15, 0.2) is 0 Å². The van der Waals surface area contributed by atoms with E-state index in [2.05, 4.69) is 30.3 Å². The number of benzene rings is 2. The topological polar surface area (TPSA) is 57.5 Å². The average molecular weight is 461 g/mol. The lowest BCUT2D eigenvalue weighted by molar-refractivity contribution is 0.0596. The maximum atomic E-state index is 14.5. The Balaban J connectivity index is 1.38. The Morgan fingerprint density at radius 2 is 1.77 bits per heavy atom. The van der Waals surface area contributed by atoms with Gasteiger partial charge in [-0.25, -0.2) is 9.18 Å². The number of aliphatic hydroxyl groups is 1. The number of carbonyl (C=O) groups is 1. The second kappa shape index (κ2) is 9.68. The van der Waals surface area contributed by atoms with E-state index in [1.54, 1.807) is 6.07 Å². The van der Waals surface area contributed by atoms with E-state index in [9.17, 15) is 14.3 Å². The molecule has 0 bridgehead atoms. The first-order chi connectivity index (χ1) is 14.9. The van der Waals surface area contributed by atoms with Crippen molar-refractivity contribution < 1.29 is 19.4 Å². The molecule has 3 nitrogen and oxygen atoms in total. The van der Waals surface area contributed by atoms with Gasteiger partial charge in [-0.05, 0) is 72.4 Å². The molecule has 1 aliphatic rings. The highest BCUT2D eigenvalue weighted by molar-refractivity contribution is 7.13. The molecule has 0 spiro atoms. The van der Waals surface area contributed by atoms with E-state index in [1.807, 2.05) is 18.2 Å². The van der Waals surface area contributed by atoms with Crippen LogP contribution in [0.5, 0.6) is 0 Å². The summed E-state index contributed by atoms with van der Waals surface area (Å²) in [5, 5.41) is 21.2. The van der Waals surface area contributed by atoms with Gasteiger partial charge in [0, 0.05) is 4.88 Å². The monoisotopic (exact) mass is 460 g/mol. The molecular formula is C25H26ClFO3S. The minimum Gasteiger partial charge on any atom is -0.477 e. The predicted octanol–water partition coefficient (Wildman–Crippen LogP) is 6.11. The highest BCUT2D eigenvalue weighted by Crippen LogP contribution is 2.43. The molecule has 1 aromatic heterocycles. The van der Waals surface area contributed by atoms with Gasteiger partial charge >= 0.3 is 5.97 Å². The van der Waals surface area contributed by atoms with Crippen LogP contribution in [0, 0.1) is 11.8 Å². The van der Waals surface area contributed by atoms with Crippen LogP contribution in [0.4, 0.5) is 4.39 Å². The number of rotatable bonds is 8. The summed E-state index contributed by atoms with van der Waals surface area (Å²) in [6.07, 6.45) is 1.24. The molecular weight excluding hydrogens is 435 g/mol. The molecule has 3 aromatic rings. The zero-order valence-electron chi connectivity index (χ0n) is 17.1. The summed E-state index contributed by atoms with van der Waals surface area (Å²) in [6, 6.07) is 18.0. The number of carboxylic acids is 1. The molecule has 5 atom stereocenters. The molecule has 1 heterocycles. The molecule has 31 heavy (non-hydrogen) atoms. The molecule has 3 unspecified atom stereocenters. The zero-order chi connectivity index (χ0) is 22.0. The van der Waals surface area contributed by atoms with Gasteiger partial charge in [0.05, 0.1) is 11.5 Å². The molecule has 0 saturated heterocycles. The quantitative estimate of drug-likeness (QED) is 0.399. The summed E-state index contributed by atoms with van der Waals surface area (Å²) >= 11 is 7.69. The van der Waals surface area contributed by atoms with Crippen molar-refractivity contribution in [3.8, 4) is 0 Å². The smallest absolute Gasteiger partial charge is 0.345 e. The van der Waals surface area contributed by atoms with Crippen LogP contribution < -0.4 is 0 Å². The van der Waals surface area contributed by atoms with Crippen LogP contribution in [0.25, 0.3) is 10.8 Å². The number of halogens is 2. The Morgan fingerprint density at radius 1 is 1.00 bits per heavy atom. The third kappa shape index (κ3) is 4.94. The lowest BCUT2D eigenvalue weighted by Gasteiger charge is -2.23. The maximum Gasteiger partial charge on any atom is 0.345 e. The predicted molar refractivity (Wildman–Crippen MR) is 124 cm³/mol. The maximum absolute atomic E-state index is 14.5. The third-order valence-corrected chi connectivity index (χ3v) is 8.14. The number of thiophene rings is 1. The molecule has 1 fully saturated rings. The Hall–Kier alpha value is -1.95. The first-order valence-corrected chi connectivity index (χ1v) is 11.9. The van der Waals surface area contributed by atoms with Crippen LogP contribution in [-0.4, -0.2) is 33.8 Å². The van der Waals surface area contributed by atoms with Gasteiger partial charge < -0.3 is 10.2 Å². The van der Waals surface area contributed by atoms with E-state index in [0.29, 0.717) is 11.3 Å².